The van der Waals surface area contributed by atoms with Crippen molar-refractivity contribution >= 4 is 17.7 Å². The Hall–Kier alpha value is -3.68. The first-order chi connectivity index (χ1) is 14.8. The molecule has 5 rings (SSSR count). The van der Waals surface area contributed by atoms with E-state index in [0.29, 0.717) is 18.5 Å². The van der Waals surface area contributed by atoms with Gasteiger partial charge in [0, 0.05) is 36.7 Å². The average molecular weight is 418 g/mol. The molecule has 0 aliphatic carbocycles. The van der Waals surface area contributed by atoms with Crippen LogP contribution in [0.1, 0.15) is 40.3 Å². The van der Waals surface area contributed by atoms with Gasteiger partial charge in [-0.2, -0.15) is 0 Å². The van der Waals surface area contributed by atoms with Crippen LogP contribution in [-0.4, -0.2) is 38.2 Å². The number of hydrogen-bond donors (Lipinski definition) is 1. The van der Waals surface area contributed by atoms with E-state index in [4.69, 9.17) is 4.42 Å². The Bertz CT molecular complexity index is 1250. The van der Waals surface area contributed by atoms with Gasteiger partial charge in [0.2, 0.25) is 11.8 Å². The predicted octanol–water partition coefficient (Wildman–Crippen LogP) is 2.72. The van der Waals surface area contributed by atoms with Gasteiger partial charge in [-0.15, -0.1) is 0 Å². The van der Waals surface area contributed by atoms with Crippen molar-refractivity contribution in [3.05, 3.63) is 53.2 Å². The number of amides is 3. The fourth-order valence-corrected chi connectivity index (χ4v) is 4.55. The summed E-state index contributed by atoms with van der Waals surface area (Å²) in [5.74, 6) is 0.774. The zero-order valence-electron chi connectivity index (χ0n) is 17.6. The molecule has 8 nitrogen and oxygen atoms in total. The Morgan fingerprint density at radius 2 is 1.94 bits per heavy atom. The van der Waals surface area contributed by atoms with Crippen molar-refractivity contribution in [2.24, 2.45) is 7.05 Å². The number of carbonyl (C=O) groups is 3. The SMILES string of the molecule is Cc1cc(-c2c(-c3ccc4c(c3)CN([C@H]3CCC(=O)NC3=O)C4=O)ncn2C)c(C)o1. The van der Waals surface area contributed by atoms with Crippen molar-refractivity contribution in [3.63, 3.8) is 0 Å². The highest BCUT2D eigenvalue weighted by atomic mass is 16.3. The topological polar surface area (TPSA) is 97.4 Å². The Morgan fingerprint density at radius 1 is 1.13 bits per heavy atom. The van der Waals surface area contributed by atoms with Gasteiger partial charge in [-0.1, -0.05) is 6.07 Å². The van der Waals surface area contributed by atoms with Gasteiger partial charge in [0.1, 0.15) is 17.6 Å². The highest BCUT2D eigenvalue weighted by Gasteiger charge is 2.39. The lowest BCUT2D eigenvalue weighted by atomic mass is 10.0. The molecule has 8 heteroatoms. The molecule has 1 N–H and O–H groups in total. The molecule has 31 heavy (non-hydrogen) atoms. The van der Waals surface area contributed by atoms with Gasteiger partial charge < -0.3 is 13.9 Å². The first-order valence-corrected chi connectivity index (χ1v) is 10.2. The predicted molar refractivity (Wildman–Crippen MR) is 112 cm³/mol. The third kappa shape index (κ3) is 3.06. The molecule has 4 heterocycles. The number of aromatic nitrogens is 2. The van der Waals surface area contributed by atoms with Crippen LogP contribution in [0.25, 0.3) is 22.5 Å². The molecule has 1 saturated heterocycles. The van der Waals surface area contributed by atoms with Gasteiger partial charge in [0.05, 0.1) is 17.7 Å². The second kappa shape index (κ2) is 6.94. The maximum atomic E-state index is 12.9. The van der Waals surface area contributed by atoms with Crippen LogP contribution >= 0.6 is 0 Å². The summed E-state index contributed by atoms with van der Waals surface area (Å²) < 4.78 is 7.68. The molecule has 0 unspecified atom stereocenters. The maximum Gasteiger partial charge on any atom is 0.255 e. The number of imide groups is 1. The Labute approximate surface area is 178 Å². The van der Waals surface area contributed by atoms with E-state index < -0.39 is 11.9 Å². The zero-order chi connectivity index (χ0) is 21.9. The van der Waals surface area contributed by atoms with E-state index in [1.807, 2.05) is 43.7 Å². The largest absolute Gasteiger partial charge is 0.466 e. The normalized spacial score (nSPS) is 18.5. The minimum absolute atomic E-state index is 0.182. The monoisotopic (exact) mass is 418 g/mol. The zero-order valence-corrected chi connectivity index (χ0v) is 17.6. The molecule has 1 aromatic carbocycles. The summed E-state index contributed by atoms with van der Waals surface area (Å²) in [7, 11) is 1.94. The summed E-state index contributed by atoms with van der Waals surface area (Å²) in [6, 6.07) is 7.02. The number of hydrogen-bond acceptors (Lipinski definition) is 5. The lowest BCUT2D eigenvalue weighted by molar-refractivity contribution is -0.136. The van der Waals surface area contributed by atoms with Crippen LogP contribution in [0.15, 0.2) is 35.0 Å². The summed E-state index contributed by atoms with van der Waals surface area (Å²) in [5.41, 5.74) is 5.06. The van der Waals surface area contributed by atoms with E-state index in [9.17, 15) is 14.4 Å². The molecule has 2 aliphatic heterocycles. The third-order valence-electron chi connectivity index (χ3n) is 6.03. The van der Waals surface area contributed by atoms with E-state index >= 15 is 0 Å². The molecule has 1 atom stereocenters. The maximum absolute atomic E-state index is 12.9. The molecule has 3 amide bonds. The number of benzene rings is 1. The van der Waals surface area contributed by atoms with Crippen LogP contribution in [0.4, 0.5) is 0 Å². The molecule has 1 fully saturated rings. The van der Waals surface area contributed by atoms with Gasteiger partial charge in [0.15, 0.2) is 0 Å². The van der Waals surface area contributed by atoms with Crippen molar-refractivity contribution in [1.29, 1.82) is 0 Å². The first-order valence-electron chi connectivity index (χ1n) is 10.2. The van der Waals surface area contributed by atoms with Crippen LogP contribution in [-0.2, 0) is 23.2 Å². The number of imidazole rings is 1. The van der Waals surface area contributed by atoms with Crippen LogP contribution in [0.5, 0.6) is 0 Å². The van der Waals surface area contributed by atoms with E-state index in [1.165, 1.54) is 0 Å². The van der Waals surface area contributed by atoms with Gasteiger partial charge in [-0.3, -0.25) is 19.7 Å². The summed E-state index contributed by atoms with van der Waals surface area (Å²) >= 11 is 0. The Morgan fingerprint density at radius 3 is 2.65 bits per heavy atom. The molecular formula is C23H22N4O4. The van der Waals surface area contributed by atoms with E-state index in [-0.39, 0.29) is 18.2 Å². The van der Waals surface area contributed by atoms with Crippen LogP contribution in [0, 0.1) is 13.8 Å². The molecule has 0 spiro atoms. The molecule has 0 radical (unpaired) electrons. The molecular weight excluding hydrogens is 396 g/mol. The number of fused-ring (bicyclic) bond motifs is 1. The van der Waals surface area contributed by atoms with Crippen molar-refractivity contribution < 1.29 is 18.8 Å². The third-order valence-corrected chi connectivity index (χ3v) is 6.03. The number of nitrogens with one attached hydrogen (secondary N) is 1. The molecule has 158 valence electrons. The fourth-order valence-electron chi connectivity index (χ4n) is 4.55. The van der Waals surface area contributed by atoms with Crippen molar-refractivity contribution in [2.75, 3.05) is 0 Å². The van der Waals surface area contributed by atoms with E-state index in [0.717, 1.165) is 39.6 Å². The van der Waals surface area contributed by atoms with Crippen LogP contribution < -0.4 is 5.32 Å². The van der Waals surface area contributed by atoms with Crippen molar-refractivity contribution in [3.8, 4) is 22.5 Å². The Kier molecular flexibility index (Phi) is 4.32. The average Bonchev–Trinajstić information content (AvgIpc) is 3.36. The molecule has 3 aromatic rings. The minimum Gasteiger partial charge on any atom is -0.466 e. The van der Waals surface area contributed by atoms with Gasteiger partial charge in [-0.25, -0.2) is 4.98 Å². The number of furan rings is 1. The van der Waals surface area contributed by atoms with Crippen LogP contribution in [0.3, 0.4) is 0 Å². The number of carbonyl (C=O) groups excluding carboxylic acids is 3. The second-order valence-electron chi connectivity index (χ2n) is 8.15. The quantitative estimate of drug-likeness (QED) is 0.660. The highest BCUT2D eigenvalue weighted by molar-refractivity contribution is 6.05. The number of nitrogens with zero attached hydrogens (tertiary/aromatic N) is 3. The molecule has 0 saturated carbocycles. The highest BCUT2D eigenvalue weighted by Crippen LogP contribution is 2.36. The number of aryl methyl sites for hydroxylation is 3. The van der Waals surface area contributed by atoms with E-state index in [1.54, 1.807) is 17.3 Å². The number of piperidine rings is 1. The summed E-state index contributed by atoms with van der Waals surface area (Å²) in [6.45, 7) is 4.18. The smallest absolute Gasteiger partial charge is 0.255 e. The molecule has 2 aromatic heterocycles. The van der Waals surface area contributed by atoms with Crippen molar-refractivity contribution in [2.45, 2.75) is 39.3 Å². The summed E-state index contributed by atoms with van der Waals surface area (Å²) in [6.07, 6.45) is 2.35. The minimum atomic E-state index is -0.622. The fraction of sp³-hybridized carbons (Fsp3) is 0.304. The van der Waals surface area contributed by atoms with Gasteiger partial charge >= 0.3 is 0 Å². The number of rotatable bonds is 3. The first kappa shape index (κ1) is 19.3. The summed E-state index contributed by atoms with van der Waals surface area (Å²) in [5, 5.41) is 2.33. The standard InChI is InChI=1S/C23H22N4O4/c1-12-8-17(13(2)31-12)21-20(24-11-26(21)3)14-4-5-16-15(9-14)10-27(23(16)30)18-6-7-19(28)25-22(18)29/h4-5,8-9,11,18H,6-7,10H2,1-3H3,(H,25,28,29)/t18-/m0/s1. The summed E-state index contributed by atoms with van der Waals surface area (Å²) in [4.78, 5) is 42.8. The second-order valence-corrected chi connectivity index (χ2v) is 8.15. The Balaban J connectivity index is 1.50. The van der Waals surface area contributed by atoms with Crippen molar-refractivity contribution in [1.82, 2.24) is 19.8 Å². The lowest BCUT2D eigenvalue weighted by Crippen LogP contribution is -2.52. The lowest BCUT2D eigenvalue weighted by Gasteiger charge is -2.29. The van der Waals surface area contributed by atoms with Crippen LogP contribution in [0.2, 0.25) is 0 Å². The van der Waals surface area contributed by atoms with Gasteiger partial charge in [0.25, 0.3) is 5.91 Å². The van der Waals surface area contributed by atoms with E-state index in [2.05, 4.69) is 10.3 Å². The molecule has 0 bridgehead atoms. The molecule has 2 aliphatic rings. The van der Waals surface area contributed by atoms with Gasteiger partial charge in [-0.05, 0) is 44.0 Å².